The fourth-order valence-electron chi connectivity index (χ4n) is 7.12. The van der Waals surface area contributed by atoms with Crippen LogP contribution in [0, 0.1) is 0 Å². The number of carbonyl (C=O) groups excluding carboxylic acids is 3. The number of hydrogen-bond donors (Lipinski definition) is 15. The maximum Gasteiger partial charge on any atom is 0.338 e. The van der Waals surface area contributed by atoms with Gasteiger partial charge in [0.2, 0.25) is 11.6 Å². The Morgan fingerprint density at radius 2 is 1.09 bits per heavy atom. The summed E-state index contributed by atoms with van der Waals surface area (Å²) in [5.74, 6) is -6.29. The minimum Gasteiger partial charge on any atom is -0.508 e. The predicted molar refractivity (Wildman–Crippen MR) is 242 cm³/mol. The Balaban J connectivity index is 0.000000280. The number of phenolic OH excluding ortho intramolecular Hbond substituents is 9. The number of rotatable bonds is 15. The second-order valence-corrected chi connectivity index (χ2v) is 14.5. The minimum absolute atomic E-state index is 0. The fraction of sp³-hybridized carbons (Fsp3) is 0.250. The molecule has 22 heteroatoms. The molecule has 20 nitrogen and oxygen atoms in total. The average molecular weight is 960 g/mol. The summed E-state index contributed by atoms with van der Waals surface area (Å²) in [6.07, 6.45) is -2.12. The van der Waals surface area contributed by atoms with Crippen LogP contribution < -0.4 is 26.0 Å². The topological polar surface area (TPSA) is 340 Å². The standard InChI is InChI=1S/C22H28N4O6.C22H18O10.2ClH/c27-11-9-23-5-7-25-13-1-2-14(26-8-6-24-10-12-28)18-17(13)21(31)19-15(29)3-4-16(30)20(19)22(18)32;23-11-6-14(25)12-8-19(32-22(30)10-4-16(27)20(29)17(28)5-10)21(31-18(12)7-11)9-1-2-13(24)15(26)3-9;;/h1-4,23-30H,5-12H2;1-7,19,21,23-29H,8H2;2*1H. The summed E-state index contributed by atoms with van der Waals surface area (Å²) in [5, 5.41) is 119. The molecule has 1 aliphatic carbocycles. The lowest BCUT2D eigenvalue weighted by Crippen LogP contribution is -2.34. The highest BCUT2D eigenvalue weighted by atomic mass is 35.5. The van der Waals surface area contributed by atoms with Crippen LogP contribution in [0.1, 0.15) is 59.4 Å². The van der Waals surface area contributed by atoms with E-state index >= 15 is 0 Å². The molecule has 15 N–H and O–H groups in total. The van der Waals surface area contributed by atoms with E-state index in [0.29, 0.717) is 56.2 Å². The molecule has 2 atom stereocenters. The molecular formula is C44H48Cl2N4O16. The van der Waals surface area contributed by atoms with Crippen molar-refractivity contribution in [1.29, 1.82) is 0 Å². The van der Waals surface area contributed by atoms with Crippen molar-refractivity contribution in [2.24, 2.45) is 0 Å². The Hall–Kier alpha value is -7.07. The van der Waals surface area contributed by atoms with Crippen molar-refractivity contribution >= 4 is 53.7 Å². The number of aliphatic hydroxyl groups is 2. The van der Waals surface area contributed by atoms with Gasteiger partial charge in [0.25, 0.3) is 0 Å². The highest BCUT2D eigenvalue weighted by molar-refractivity contribution is 6.33. The van der Waals surface area contributed by atoms with Crippen LogP contribution in [0.2, 0.25) is 0 Å². The van der Waals surface area contributed by atoms with Gasteiger partial charge in [-0.2, -0.15) is 0 Å². The van der Waals surface area contributed by atoms with Gasteiger partial charge in [-0.25, -0.2) is 4.79 Å². The van der Waals surface area contributed by atoms with E-state index in [1.165, 1.54) is 36.4 Å². The second-order valence-electron chi connectivity index (χ2n) is 14.5. The number of halogens is 2. The number of aliphatic hydroxyl groups excluding tert-OH is 2. The third-order valence-corrected chi connectivity index (χ3v) is 10.1. The van der Waals surface area contributed by atoms with Gasteiger partial charge in [-0.3, -0.25) is 9.59 Å². The first-order chi connectivity index (χ1) is 30.6. The Bertz CT molecular complexity index is 2480. The van der Waals surface area contributed by atoms with E-state index in [9.17, 15) is 60.3 Å². The first-order valence-electron chi connectivity index (χ1n) is 19.8. The minimum atomic E-state index is -1.06. The molecular weight excluding hydrogens is 911 g/mol. The monoisotopic (exact) mass is 958 g/mol. The Morgan fingerprint density at radius 3 is 1.59 bits per heavy atom. The van der Waals surface area contributed by atoms with Crippen LogP contribution in [0.5, 0.6) is 57.5 Å². The molecule has 354 valence electrons. The van der Waals surface area contributed by atoms with Crippen LogP contribution in [0.3, 0.4) is 0 Å². The van der Waals surface area contributed by atoms with Gasteiger partial charge < -0.3 is 86.9 Å². The number of ketones is 2. The molecule has 0 saturated carbocycles. The van der Waals surface area contributed by atoms with E-state index in [4.69, 9.17) is 19.7 Å². The zero-order valence-corrected chi connectivity index (χ0v) is 36.3. The molecule has 0 amide bonds. The molecule has 0 bridgehead atoms. The Morgan fingerprint density at radius 1 is 0.576 bits per heavy atom. The number of carbonyl (C=O) groups is 3. The third kappa shape index (κ3) is 11.2. The van der Waals surface area contributed by atoms with E-state index in [0.717, 1.165) is 18.2 Å². The zero-order chi connectivity index (χ0) is 46.2. The number of esters is 1. The molecule has 5 aromatic rings. The van der Waals surface area contributed by atoms with Gasteiger partial charge in [0.1, 0.15) is 34.9 Å². The first-order valence-corrected chi connectivity index (χ1v) is 19.8. The van der Waals surface area contributed by atoms with Crippen LogP contribution in [0.4, 0.5) is 11.4 Å². The van der Waals surface area contributed by atoms with Crippen LogP contribution >= 0.6 is 24.8 Å². The van der Waals surface area contributed by atoms with E-state index in [1.54, 1.807) is 12.1 Å². The molecule has 66 heavy (non-hydrogen) atoms. The summed E-state index contributed by atoms with van der Waals surface area (Å²) in [6, 6.07) is 13.8. The van der Waals surface area contributed by atoms with Crippen LogP contribution in [-0.2, 0) is 11.2 Å². The molecule has 1 aliphatic heterocycles. The third-order valence-electron chi connectivity index (χ3n) is 10.1. The molecule has 2 unspecified atom stereocenters. The maximum absolute atomic E-state index is 13.4. The Labute approximate surface area is 388 Å². The van der Waals surface area contributed by atoms with Crippen molar-refractivity contribution < 1.29 is 80.0 Å². The SMILES string of the molecule is Cl.Cl.O=C(OC1Cc2c(O)cc(O)cc2OC1c1ccc(O)c(O)c1)c1cc(O)c(O)c(O)c1.O=C1c2c(O)ccc(O)c2C(=O)c2c(NCCNCCO)ccc(NCCNCCO)c21. The summed E-state index contributed by atoms with van der Waals surface area (Å²) in [6.45, 7) is 2.81. The quantitative estimate of drug-likeness (QED) is 0.0304. The van der Waals surface area contributed by atoms with Gasteiger partial charge in [-0.1, -0.05) is 6.07 Å². The normalized spacial score (nSPS) is 14.4. The van der Waals surface area contributed by atoms with Crippen molar-refractivity contribution in [2.45, 2.75) is 18.6 Å². The average Bonchev–Trinajstić information content (AvgIpc) is 3.26. The number of phenols is 9. The van der Waals surface area contributed by atoms with Crippen LogP contribution in [0.25, 0.3) is 0 Å². The van der Waals surface area contributed by atoms with Crippen LogP contribution in [-0.4, -0.2) is 132 Å². The van der Waals surface area contributed by atoms with Crippen molar-refractivity contribution in [2.75, 3.05) is 63.1 Å². The molecule has 5 aromatic carbocycles. The van der Waals surface area contributed by atoms with Gasteiger partial charge in [-0.05, 0) is 48.5 Å². The number of hydrogen-bond acceptors (Lipinski definition) is 20. The van der Waals surface area contributed by atoms with Gasteiger partial charge in [-0.15, -0.1) is 24.8 Å². The summed E-state index contributed by atoms with van der Waals surface area (Å²) in [7, 11) is 0. The van der Waals surface area contributed by atoms with Crippen molar-refractivity contribution in [1.82, 2.24) is 10.6 Å². The summed E-state index contributed by atoms with van der Waals surface area (Å²) in [5.41, 5.74) is 1.00. The molecule has 0 radical (unpaired) electrons. The molecule has 1 heterocycles. The van der Waals surface area contributed by atoms with Crippen molar-refractivity contribution in [3.05, 3.63) is 106 Å². The van der Waals surface area contributed by atoms with E-state index in [1.807, 2.05) is 0 Å². The summed E-state index contributed by atoms with van der Waals surface area (Å²) >= 11 is 0. The summed E-state index contributed by atoms with van der Waals surface area (Å²) < 4.78 is 11.4. The lowest BCUT2D eigenvalue weighted by Gasteiger charge is -2.34. The number of nitrogens with one attached hydrogen (secondary N) is 4. The van der Waals surface area contributed by atoms with Gasteiger partial charge in [0, 0.05) is 80.3 Å². The highest BCUT2D eigenvalue weighted by Gasteiger charge is 2.39. The molecule has 7 rings (SSSR count). The number of benzene rings is 5. The van der Waals surface area contributed by atoms with Gasteiger partial charge in [0.15, 0.2) is 34.9 Å². The Kier molecular flexibility index (Phi) is 17.7. The predicted octanol–water partition coefficient (Wildman–Crippen LogP) is 3.23. The smallest absolute Gasteiger partial charge is 0.338 e. The second kappa shape index (κ2) is 22.7. The van der Waals surface area contributed by atoms with Crippen molar-refractivity contribution in [3.63, 3.8) is 0 Å². The first kappa shape index (κ1) is 51.6. The summed E-state index contributed by atoms with van der Waals surface area (Å²) in [4.78, 5) is 39.4. The lowest BCUT2D eigenvalue weighted by atomic mass is 9.81. The number of aromatic hydroxyl groups is 9. The largest absolute Gasteiger partial charge is 0.508 e. The maximum atomic E-state index is 13.4. The van der Waals surface area contributed by atoms with Crippen molar-refractivity contribution in [3.8, 4) is 57.5 Å². The number of fused-ring (bicyclic) bond motifs is 3. The molecule has 0 saturated heterocycles. The van der Waals surface area contributed by atoms with Gasteiger partial charge >= 0.3 is 5.97 Å². The van der Waals surface area contributed by atoms with E-state index in [2.05, 4.69) is 21.3 Å². The number of anilines is 2. The van der Waals surface area contributed by atoms with Crippen LogP contribution in [0.15, 0.2) is 66.7 Å². The molecule has 2 aliphatic rings. The van der Waals surface area contributed by atoms with E-state index < -0.39 is 52.7 Å². The van der Waals surface area contributed by atoms with E-state index in [-0.39, 0.29) is 112 Å². The fourth-order valence-corrected chi connectivity index (χ4v) is 7.12. The lowest BCUT2D eigenvalue weighted by molar-refractivity contribution is -0.0189. The molecule has 0 spiro atoms. The highest BCUT2D eigenvalue weighted by Crippen LogP contribution is 2.45. The molecule has 0 aromatic heterocycles. The van der Waals surface area contributed by atoms with Gasteiger partial charge in [0.05, 0.1) is 41.0 Å². The number of ether oxygens (including phenoxy) is 2. The molecule has 0 fully saturated rings. The zero-order valence-electron chi connectivity index (χ0n) is 34.6.